The number of aryl methyl sites for hydroxylation is 2. The molecule has 2 unspecified atom stereocenters. The SMILES string of the molecule is Cc1nc2sc3c(c2c(=O)n1C(C)C(=O)O)CCC(C(C)(C)C)C3. The third-order valence-corrected chi connectivity index (χ3v) is 6.41. The summed E-state index contributed by atoms with van der Waals surface area (Å²) in [5.74, 6) is 0.0472. The molecule has 2 aromatic heterocycles. The summed E-state index contributed by atoms with van der Waals surface area (Å²) in [5.41, 5.74) is 1.13. The number of carboxylic acid groups (broad SMARTS) is 1. The van der Waals surface area contributed by atoms with Gasteiger partial charge in [-0.25, -0.2) is 9.78 Å². The van der Waals surface area contributed by atoms with Gasteiger partial charge in [0.05, 0.1) is 5.39 Å². The topological polar surface area (TPSA) is 72.2 Å². The lowest BCUT2D eigenvalue weighted by Crippen LogP contribution is -2.31. The molecule has 6 heteroatoms. The molecule has 5 nitrogen and oxygen atoms in total. The van der Waals surface area contributed by atoms with Crippen LogP contribution in [0.2, 0.25) is 0 Å². The molecule has 2 heterocycles. The zero-order valence-electron chi connectivity index (χ0n) is 14.8. The zero-order valence-corrected chi connectivity index (χ0v) is 15.7. The van der Waals surface area contributed by atoms with E-state index in [1.54, 1.807) is 18.3 Å². The molecular weight excluding hydrogens is 324 g/mol. The number of carbonyl (C=O) groups is 1. The predicted molar refractivity (Wildman–Crippen MR) is 95.9 cm³/mol. The standard InChI is InChI=1S/C18H24N2O3S/c1-9(17(22)23)20-10(2)19-15-14(16(20)21)12-7-6-11(18(3,4)5)8-13(12)24-15/h9,11H,6-8H2,1-5H3,(H,22,23). The van der Waals surface area contributed by atoms with Crippen LogP contribution in [-0.2, 0) is 17.6 Å². The van der Waals surface area contributed by atoms with Crippen LogP contribution >= 0.6 is 11.3 Å². The maximum atomic E-state index is 13.0. The molecule has 2 aromatic rings. The van der Waals surface area contributed by atoms with Gasteiger partial charge < -0.3 is 5.11 Å². The van der Waals surface area contributed by atoms with Crippen molar-refractivity contribution in [3.8, 4) is 0 Å². The average Bonchev–Trinajstić information content (AvgIpc) is 2.82. The normalized spacial score (nSPS) is 19.3. The highest BCUT2D eigenvalue weighted by Gasteiger charge is 2.32. The van der Waals surface area contributed by atoms with Crippen molar-refractivity contribution in [2.45, 2.75) is 59.9 Å². The minimum atomic E-state index is -1.02. The van der Waals surface area contributed by atoms with Gasteiger partial charge in [-0.05, 0) is 50.0 Å². The molecule has 0 saturated carbocycles. The lowest BCUT2D eigenvalue weighted by atomic mass is 9.72. The van der Waals surface area contributed by atoms with E-state index in [4.69, 9.17) is 0 Å². The molecule has 3 rings (SSSR count). The van der Waals surface area contributed by atoms with Crippen molar-refractivity contribution < 1.29 is 9.90 Å². The summed E-state index contributed by atoms with van der Waals surface area (Å²) in [6.45, 7) is 10.0. The van der Waals surface area contributed by atoms with Crippen LogP contribution in [0.5, 0.6) is 0 Å². The number of rotatable bonds is 2. The van der Waals surface area contributed by atoms with Crippen LogP contribution in [0.15, 0.2) is 4.79 Å². The first kappa shape index (κ1) is 17.1. The second-order valence-electron chi connectivity index (χ2n) is 7.84. The van der Waals surface area contributed by atoms with E-state index in [-0.39, 0.29) is 11.0 Å². The van der Waals surface area contributed by atoms with E-state index in [0.717, 1.165) is 29.7 Å². The van der Waals surface area contributed by atoms with Crippen LogP contribution in [0, 0.1) is 18.3 Å². The highest BCUT2D eigenvalue weighted by molar-refractivity contribution is 7.18. The third kappa shape index (κ3) is 2.66. The number of fused-ring (bicyclic) bond motifs is 3. The summed E-state index contributed by atoms with van der Waals surface area (Å²) in [6, 6.07) is -0.907. The molecule has 0 radical (unpaired) electrons. The van der Waals surface area contributed by atoms with Gasteiger partial charge in [-0.1, -0.05) is 20.8 Å². The molecular formula is C18H24N2O3S. The Balaban J connectivity index is 2.18. The molecule has 0 aromatic carbocycles. The van der Waals surface area contributed by atoms with Gasteiger partial charge in [0.15, 0.2) is 0 Å². The minimum absolute atomic E-state index is 0.209. The average molecular weight is 348 g/mol. The van der Waals surface area contributed by atoms with Crippen LogP contribution in [-0.4, -0.2) is 20.6 Å². The fourth-order valence-corrected chi connectivity index (χ4v) is 4.98. The first-order valence-corrected chi connectivity index (χ1v) is 9.19. The first-order chi connectivity index (χ1) is 11.1. The zero-order chi connectivity index (χ0) is 17.8. The van der Waals surface area contributed by atoms with E-state index in [2.05, 4.69) is 25.8 Å². The van der Waals surface area contributed by atoms with Crippen LogP contribution in [0.4, 0.5) is 0 Å². The fourth-order valence-electron chi connectivity index (χ4n) is 3.64. The van der Waals surface area contributed by atoms with Gasteiger partial charge in [0.1, 0.15) is 16.7 Å². The van der Waals surface area contributed by atoms with Gasteiger partial charge in [0.2, 0.25) is 0 Å². The maximum absolute atomic E-state index is 13.0. The Labute approximate surface area is 145 Å². The molecule has 0 saturated heterocycles. The summed E-state index contributed by atoms with van der Waals surface area (Å²) >= 11 is 1.60. The van der Waals surface area contributed by atoms with Crippen molar-refractivity contribution in [3.05, 3.63) is 26.6 Å². The van der Waals surface area contributed by atoms with Gasteiger partial charge >= 0.3 is 5.97 Å². The number of aliphatic carboxylic acids is 1. The molecule has 0 fully saturated rings. The van der Waals surface area contributed by atoms with Crippen molar-refractivity contribution >= 4 is 27.5 Å². The Morgan fingerprint density at radius 2 is 2.08 bits per heavy atom. The Kier molecular flexibility index (Phi) is 4.06. The second-order valence-corrected chi connectivity index (χ2v) is 8.92. The Morgan fingerprint density at radius 3 is 2.67 bits per heavy atom. The van der Waals surface area contributed by atoms with E-state index >= 15 is 0 Å². The number of thiophene rings is 1. The minimum Gasteiger partial charge on any atom is -0.480 e. The third-order valence-electron chi connectivity index (χ3n) is 5.26. The van der Waals surface area contributed by atoms with E-state index in [0.29, 0.717) is 17.1 Å². The molecule has 2 atom stereocenters. The van der Waals surface area contributed by atoms with Gasteiger partial charge in [-0.2, -0.15) is 0 Å². The first-order valence-electron chi connectivity index (χ1n) is 8.37. The molecule has 1 aliphatic rings. The van der Waals surface area contributed by atoms with Crippen LogP contribution < -0.4 is 5.56 Å². The molecule has 0 spiro atoms. The quantitative estimate of drug-likeness (QED) is 0.900. The van der Waals surface area contributed by atoms with Gasteiger partial charge in [0, 0.05) is 4.88 Å². The number of hydrogen-bond acceptors (Lipinski definition) is 4. The van der Waals surface area contributed by atoms with Gasteiger partial charge in [0.25, 0.3) is 5.56 Å². The number of aromatic nitrogens is 2. The van der Waals surface area contributed by atoms with Crippen molar-refractivity contribution in [3.63, 3.8) is 0 Å². The van der Waals surface area contributed by atoms with Crippen molar-refractivity contribution in [1.82, 2.24) is 9.55 Å². The van der Waals surface area contributed by atoms with Crippen LogP contribution in [0.1, 0.15) is 56.4 Å². The molecule has 1 N–H and O–H groups in total. The second kappa shape index (κ2) is 5.69. The summed E-state index contributed by atoms with van der Waals surface area (Å²) in [4.78, 5) is 30.9. The van der Waals surface area contributed by atoms with E-state index in [1.807, 2.05) is 0 Å². The summed E-state index contributed by atoms with van der Waals surface area (Å²) < 4.78 is 1.31. The summed E-state index contributed by atoms with van der Waals surface area (Å²) in [6.07, 6.45) is 2.91. The lowest BCUT2D eigenvalue weighted by Gasteiger charge is -2.33. The Hall–Kier alpha value is -1.69. The van der Waals surface area contributed by atoms with Gasteiger partial charge in [-0.15, -0.1) is 11.3 Å². The smallest absolute Gasteiger partial charge is 0.326 e. The Bertz CT molecular complexity index is 873. The molecule has 0 aliphatic heterocycles. The van der Waals surface area contributed by atoms with Crippen molar-refractivity contribution in [1.29, 1.82) is 0 Å². The van der Waals surface area contributed by atoms with Gasteiger partial charge in [-0.3, -0.25) is 9.36 Å². The van der Waals surface area contributed by atoms with Crippen LogP contribution in [0.25, 0.3) is 10.2 Å². The lowest BCUT2D eigenvalue weighted by molar-refractivity contribution is -0.140. The van der Waals surface area contributed by atoms with Crippen molar-refractivity contribution in [2.24, 2.45) is 11.3 Å². The molecule has 0 amide bonds. The van der Waals surface area contributed by atoms with E-state index in [9.17, 15) is 14.7 Å². The number of carboxylic acids is 1. The fraction of sp³-hybridized carbons (Fsp3) is 0.611. The summed E-state index contributed by atoms with van der Waals surface area (Å²) in [5, 5.41) is 9.92. The monoisotopic (exact) mass is 348 g/mol. The molecule has 130 valence electrons. The van der Waals surface area contributed by atoms with Crippen LogP contribution in [0.3, 0.4) is 0 Å². The Morgan fingerprint density at radius 1 is 1.42 bits per heavy atom. The largest absolute Gasteiger partial charge is 0.480 e. The highest BCUT2D eigenvalue weighted by atomic mass is 32.1. The number of hydrogen-bond donors (Lipinski definition) is 1. The summed E-state index contributed by atoms with van der Waals surface area (Å²) in [7, 11) is 0. The predicted octanol–water partition coefficient (Wildman–Crippen LogP) is 3.56. The van der Waals surface area contributed by atoms with E-state index in [1.165, 1.54) is 16.4 Å². The molecule has 1 aliphatic carbocycles. The van der Waals surface area contributed by atoms with E-state index < -0.39 is 12.0 Å². The van der Waals surface area contributed by atoms with Crippen molar-refractivity contribution in [2.75, 3.05) is 0 Å². The molecule has 24 heavy (non-hydrogen) atoms. The maximum Gasteiger partial charge on any atom is 0.326 e. The number of nitrogens with zero attached hydrogens (tertiary/aromatic N) is 2. The molecule has 0 bridgehead atoms. The highest BCUT2D eigenvalue weighted by Crippen LogP contribution is 2.42.